The fourth-order valence-electron chi connectivity index (χ4n) is 1.37. The molecule has 0 radical (unpaired) electrons. The highest BCUT2D eigenvalue weighted by atomic mass is 16.5. The lowest BCUT2D eigenvalue weighted by atomic mass is 10.2. The van der Waals surface area contributed by atoms with Crippen LogP contribution < -0.4 is 4.74 Å². The molecule has 0 unspecified atom stereocenters. The summed E-state index contributed by atoms with van der Waals surface area (Å²) in [5.41, 5.74) is 0.464. The van der Waals surface area contributed by atoms with Crippen molar-refractivity contribution in [3.63, 3.8) is 0 Å². The lowest BCUT2D eigenvalue weighted by Gasteiger charge is -2.02. The second-order valence-corrected chi connectivity index (χ2v) is 3.61. The minimum Gasteiger partial charge on any atom is -0.452 e. The van der Waals surface area contributed by atoms with Crippen LogP contribution in [-0.4, -0.2) is 20.5 Å². The summed E-state index contributed by atoms with van der Waals surface area (Å²) in [7, 11) is 1.81. The summed E-state index contributed by atoms with van der Waals surface area (Å²) in [4.78, 5) is 15.4. The third kappa shape index (κ3) is 2.69. The zero-order chi connectivity index (χ0) is 12.3. The van der Waals surface area contributed by atoms with Gasteiger partial charge in [0.15, 0.2) is 11.5 Å². The van der Waals surface area contributed by atoms with Crippen LogP contribution >= 0.6 is 0 Å². The standard InChI is InChI=1S/C12H13N3O2/c1-3-12(16)11-5-4-9(6-13-11)17-10-7-14-15(2)8-10/h4-8H,3H2,1-2H3. The number of nitrogens with zero attached hydrogens (tertiary/aromatic N) is 3. The number of hydrogen-bond donors (Lipinski definition) is 0. The first kappa shape index (κ1) is 11.3. The number of ketones is 1. The maximum Gasteiger partial charge on any atom is 0.180 e. The molecular weight excluding hydrogens is 218 g/mol. The van der Waals surface area contributed by atoms with Crippen LogP contribution in [0.15, 0.2) is 30.7 Å². The number of ether oxygens (including phenoxy) is 1. The van der Waals surface area contributed by atoms with E-state index in [1.165, 1.54) is 6.20 Å². The van der Waals surface area contributed by atoms with E-state index in [9.17, 15) is 4.79 Å². The summed E-state index contributed by atoms with van der Waals surface area (Å²) < 4.78 is 7.16. The molecule has 17 heavy (non-hydrogen) atoms. The van der Waals surface area contributed by atoms with E-state index >= 15 is 0 Å². The van der Waals surface area contributed by atoms with E-state index in [2.05, 4.69) is 10.1 Å². The Hall–Kier alpha value is -2.17. The van der Waals surface area contributed by atoms with Gasteiger partial charge in [-0.25, -0.2) is 4.98 Å². The second kappa shape index (κ2) is 4.78. The molecule has 2 rings (SSSR count). The number of hydrogen-bond acceptors (Lipinski definition) is 4. The number of pyridine rings is 1. The number of aromatic nitrogens is 3. The maximum atomic E-state index is 11.4. The van der Waals surface area contributed by atoms with Crippen molar-refractivity contribution >= 4 is 5.78 Å². The quantitative estimate of drug-likeness (QED) is 0.757. The van der Waals surface area contributed by atoms with Gasteiger partial charge in [-0.2, -0.15) is 5.10 Å². The van der Waals surface area contributed by atoms with Gasteiger partial charge in [0.1, 0.15) is 11.4 Å². The molecular formula is C12H13N3O2. The van der Waals surface area contributed by atoms with E-state index < -0.39 is 0 Å². The minimum absolute atomic E-state index is 0.0259. The van der Waals surface area contributed by atoms with Gasteiger partial charge in [-0.3, -0.25) is 9.48 Å². The van der Waals surface area contributed by atoms with Crippen molar-refractivity contribution < 1.29 is 9.53 Å². The maximum absolute atomic E-state index is 11.4. The SMILES string of the molecule is CCC(=O)c1ccc(Oc2cnn(C)c2)cn1. The summed E-state index contributed by atoms with van der Waals surface area (Å²) in [6.07, 6.45) is 5.36. The Bertz CT molecular complexity index is 517. The summed E-state index contributed by atoms with van der Waals surface area (Å²) in [6, 6.07) is 3.39. The number of rotatable bonds is 4. The number of Topliss-reactive ketones (excluding diaryl/α,β-unsaturated/α-hetero) is 1. The molecule has 2 aromatic rings. The lowest BCUT2D eigenvalue weighted by molar-refractivity contribution is 0.0983. The fourth-order valence-corrected chi connectivity index (χ4v) is 1.37. The number of carbonyl (C=O) groups excluding carboxylic acids is 1. The summed E-state index contributed by atoms with van der Waals surface area (Å²) in [5, 5.41) is 3.99. The molecule has 88 valence electrons. The van der Waals surface area contributed by atoms with E-state index in [1.54, 1.807) is 29.2 Å². The fraction of sp³-hybridized carbons (Fsp3) is 0.250. The van der Waals surface area contributed by atoms with Crippen LogP contribution in [-0.2, 0) is 7.05 Å². The molecule has 0 aliphatic rings. The number of carbonyl (C=O) groups is 1. The van der Waals surface area contributed by atoms with Crippen LogP contribution in [0, 0.1) is 0 Å². The van der Waals surface area contributed by atoms with Crippen molar-refractivity contribution in [3.8, 4) is 11.5 Å². The van der Waals surface area contributed by atoms with Crippen molar-refractivity contribution in [3.05, 3.63) is 36.4 Å². The highest BCUT2D eigenvalue weighted by molar-refractivity contribution is 5.93. The highest BCUT2D eigenvalue weighted by Gasteiger charge is 2.05. The Kier molecular flexibility index (Phi) is 3.18. The molecule has 0 fully saturated rings. The van der Waals surface area contributed by atoms with Gasteiger partial charge >= 0.3 is 0 Å². The molecule has 0 amide bonds. The zero-order valence-electron chi connectivity index (χ0n) is 9.75. The predicted octanol–water partition coefficient (Wildman–Crippen LogP) is 2.20. The van der Waals surface area contributed by atoms with Gasteiger partial charge in [-0.15, -0.1) is 0 Å². The van der Waals surface area contributed by atoms with E-state index in [4.69, 9.17) is 4.74 Å². The Morgan fingerprint density at radius 2 is 2.18 bits per heavy atom. The molecule has 0 aliphatic carbocycles. The van der Waals surface area contributed by atoms with Crippen LogP contribution in [0.3, 0.4) is 0 Å². The summed E-state index contributed by atoms with van der Waals surface area (Å²) in [6.45, 7) is 1.81. The van der Waals surface area contributed by atoms with Crippen LogP contribution in [0.4, 0.5) is 0 Å². The Morgan fingerprint density at radius 3 is 2.71 bits per heavy atom. The molecule has 0 atom stereocenters. The van der Waals surface area contributed by atoms with Crippen molar-refractivity contribution in [1.82, 2.24) is 14.8 Å². The van der Waals surface area contributed by atoms with E-state index in [0.717, 1.165) is 0 Å². The van der Waals surface area contributed by atoms with E-state index in [-0.39, 0.29) is 5.78 Å². The zero-order valence-corrected chi connectivity index (χ0v) is 9.75. The third-order valence-electron chi connectivity index (χ3n) is 2.26. The molecule has 5 heteroatoms. The highest BCUT2D eigenvalue weighted by Crippen LogP contribution is 2.19. The van der Waals surface area contributed by atoms with Crippen LogP contribution in [0.25, 0.3) is 0 Å². The van der Waals surface area contributed by atoms with Crippen molar-refractivity contribution in [2.24, 2.45) is 7.05 Å². The molecule has 2 aromatic heterocycles. The summed E-state index contributed by atoms with van der Waals surface area (Å²) in [5.74, 6) is 1.26. The first-order valence-electron chi connectivity index (χ1n) is 5.35. The lowest BCUT2D eigenvalue weighted by Crippen LogP contribution is -1.99. The van der Waals surface area contributed by atoms with Crippen LogP contribution in [0.1, 0.15) is 23.8 Å². The first-order valence-corrected chi connectivity index (χ1v) is 5.35. The van der Waals surface area contributed by atoms with Gasteiger partial charge < -0.3 is 4.74 Å². The first-order chi connectivity index (χ1) is 8.19. The van der Waals surface area contributed by atoms with E-state index in [1.807, 2.05) is 14.0 Å². The average Bonchev–Trinajstić information content (AvgIpc) is 2.75. The van der Waals surface area contributed by atoms with Gasteiger partial charge in [0, 0.05) is 13.5 Å². The third-order valence-corrected chi connectivity index (χ3v) is 2.26. The normalized spacial score (nSPS) is 10.2. The van der Waals surface area contributed by atoms with Crippen LogP contribution in [0.5, 0.6) is 11.5 Å². The smallest absolute Gasteiger partial charge is 0.180 e. The molecule has 0 aromatic carbocycles. The van der Waals surface area contributed by atoms with E-state index in [0.29, 0.717) is 23.6 Å². The van der Waals surface area contributed by atoms with Gasteiger partial charge in [0.2, 0.25) is 0 Å². The molecule has 0 saturated heterocycles. The average molecular weight is 231 g/mol. The van der Waals surface area contributed by atoms with Gasteiger partial charge in [0.05, 0.1) is 18.6 Å². The molecule has 0 bridgehead atoms. The van der Waals surface area contributed by atoms with Crippen LogP contribution in [0.2, 0.25) is 0 Å². The molecule has 0 aliphatic heterocycles. The monoisotopic (exact) mass is 231 g/mol. The Balaban J connectivity index is 2.10. The van der Waals surface area contributed by atoms with Gasteiger partial charge in [0.25, 0.3) is 0 Å². The Morgan fingerprint density at radius 1 is 1.35 bits per heavy atom. The predicted molar refractivity (Wildman–Crippen MR) is 62.1 cm³/mol. The summed E-state index contributed by atoms with van der Waals surface area (Å²) >= 11 is 0. The second-order valence-electron chi connectivity index (χ2n) is 3.61. The van der Waals surface area contributed by atoms with Gasteiger partial charge in [-0.1, -0.05) is 6.92 Å². The molecule has 2 heterocycles. The molecule has 0 saturated carbocycles. The van der Waals surface area contributed by atoms with Crippen molar-refractivity contribution in [2.45, 2.75) is 13.3 Å². The van der Waals surface area contributed by atoms with Crippen molar-refractivity contribution in [1.29, 1.82) is 0 Å². The van der Waals surface area contributed by atoms with Gasteiger partial charge in [-0.05, 0) is 12.1 Å². The Labute approximate surface area is 99.1 Å². The largest absolute Gasteiger partial charge is 0.452 e. The molecule has 0 spiro atoms. The minimum atomic E-state index is 0.0259. The van der Waals surface area contributed by atoms with Crippen molar-refractivity contribution in [2.75, 3.05) is 0 Å². The molecule has 5 nitrogen and oxygen atoms in total. The molecule has 0 N–H and O–H groups in total. The number of aryl methyl sites for hydroxylation is 1. The topological polar surface area (TPSA) is 57.0 Å².